The summed E-state index contributed by atoms with van der Waals surface area (Å²) in [6.45, 7) is 4.31. The van der Waals surface area contributed by atoms with Crippen molar-refractivity contribution in [2.75, 3.05) is 0 Å². The third kappa shape index (κ3) is 1.83. The van der Waals surface area contributed by atoms with Crippen molar-refractivity contribution in [3.8, 4) is 0 Å². The van der Waals surface area contributed by atoms with Crippen molar-refractivity contribution < 1.29 is 0 Å². The van der Waals surface area contributed by atoms with Gasteiger partial charge in [0, 0.05) is 18.1 Å². The third-order valence-corrected chi connectivity index (χ3v) is 2.30. The lowest BCUT2D eigenvalue weighted by Gasteiger charge is -1.95. The molecule has 0 saturated heterocycles. The second-order valence-electron chi connectivity index (χ2n) is 2.97. The largest absolute Gasteiger partial charge is 0.272 e. The van der Waals surface area contributed by atoms with E-state index in [2.05, 4.69) is 40.9 Å². The number of hydrogen-bond donors (Lipinski definition) is 0. The van der Waals surface area contributed by atoms with Gasteiger partial charge in [-0.25, -0.2) is 0 Å². The quantitative estimate of drug-likeness (QED) is 0.695. The fourth-order valence-corrected chi connectivity index (χ4v) is 1.46. The summed E-state index contributed by atoms with van der Waals surface area (Å²) in [4.78, 5) is 0. The first kappa shape index (κ1) is 8.78. The summed E-state index contributed by atoms with van der Waals surface area (Å²) in [6, 6.07) is 2.14. The normalized spacial score (nSPS) is 11.0. The lowest BCUT2D eigenvalue weighted by molar-refractivity contribution is 0.696. The fraction of sp³-hybridized carbons (Fsp3) is 0.625. The standard InChI is InChI=1S/C8H13BrN2/c1-6(2)8-4-7(5-9)11(3)10-8/h4,6H,5H2,1-3H3. The molecule has 0 aliphatic rings. The zero-order valence-electron chi connectivity index (χ0n) is 7.13. The van der Waals surface area contributed by atoms with Crippen molar-refractivity contribution in [1.29, 1.82) is 0 Å². The molecule has 0 atom stereocenters. The van der Waals surface area contributed by atoms with E-state index in [0.717, 1.165) is 5.33 Å². The molecule has 0 fully saturated rings. The van der Waals surface area contributed by atoms with Gasteiger partial charge in [-0.1, -0.05) is 29.8 Å². The molecule has 1 aromatic rings. The summed E-state index contributed by atoms with van der Waals surface area (Å²) in [5.74, 6) is 0.522. The molecule has 0 unspecified atom stereocenters. The molecule has 0 saturated carbocycles. The average Bonchev–Trinajstić information content (AvgIpc) is 2.31. The monoisotopic (exact) mass is 216 g/mol. The lowest BCUT2D eigenvalue weighted by Crippen LogP contribution is -1.96. The van der Waals surface area contributed by atoms with Crippen LogP contribution in [-0.2, 0) is 12.4 Å². The summed E-state index contributed by atoms with van der Waals surface area (Å²) in [6.07, 6.45) is 0. The first-order valence-corrected chi connectivity index (χ1v) is 4.86. The smallest absolute Gasteiger partial charge is 0.0653 e. The molecule has 0 N–H and O–H groups in total. The van der Waals surface area contributed by atoms with Crippen molar-refractivity contribution in [2.24, 2.45) is 7.05 Å². The van der Waals surface area contributed by atoms with Gasteiger partial charge in [0.05, 0.1) is 5.69 Å². The van der Waals surface area contributed by atoms with Gasteiger partial charge < -0.3 is 0 Å². The van der Waals surface area contributed by atoms with Gasteiger partial charge in [0.25, 0.3) is 0 Å². The zero-order valence-corrected chi connectivity index (χ0v) is 8.72. The maximum atomic E-state index is 4.37. The predicted molar refractivity (Wildman–Crippen MR) is 49.9 cm³/mol. The van der Waals surface area contributed by atoms with Crippen LogP contribution in [0.3, 0.4) is 0 Å². The molecule has 0 aromatic carbocycles. The molecule has 0 aliphatic carbocycles. The molecule has 11 heavy (non-hydrogen) atoms. The number of nitrogens with zero attached hydrogens (tertiary/aromatic N) is 2. The highest BCUT2D eigenvalue weighted by Gasteiger charge is 2.06. The first-order chi connectivity index (χ1) is 5.15. The Hall–Kier alpha value is -0.310. The zero-order chi connectivity index (χ0) is 8.43. The number of rotatable bonds is 2. The Morgan fingerprint density at radius 1 is 1.64 bits per heavy atom. The number of halogens is 1. The highest BCUT2D eigenvalue weighted by molar-refractivity contribution is 9.08. The van der Waals surface area contributed by atoms with Gasteiger partial charge in [-0.2, -0.15) is 5.10 Å². The second-order valence-corrected chi connectivity index (χ2v) is 3.53. The van der Waals surface area contributed by atoms with Crippen molar-refractivity contribution in [3.63, 3.8) is 0 Å². The number of aryl methyl sites for hydroxylation is 1. The Morgan fingerprint density at radius 2 is 2.27 bits per heavy atom. The fourth-order valence-electron chi connectivity index (χ4n) is 0.938. The Kier molecular flexibility index (Phi) is 2.71. The molecule has 0 amide bonds. The molecule has 0 spiro atoms. The molecule has 1 aromatic heterocycles. The van der Waals surface area contributed by atoms with Gasteiger partial charge in [0.15, 0.2) is 0 Å². The molecular weight excluding hydrogens is 204 g/mol. The molecule has 2 nitrogen and oxygen atoms in total. The molecule has 0 aliphatic heterocycles. The van der Waals surface area contributed by atoms with E-state index < -0.39 is 0 Å². The molecule has 62 valence electrons. The Labute approximate surface area is 75.7 Å². The second kappa shape index (κ2) is 3.39. The van der Waals surface area contributed by atoms with Crippen molar-refractivity contribution in [3.05, 3.63) is 17.5 Å². The Morgan fingerprint density at radius 3 is 2.55 bits per heavy atom. The van der Waals surface area contributed by atoms with Crippen LogP contribution in [0.25, 0.3) is 0 Å². The van der Waals surface area contributed by atoms with E-state index in [-0.39, 0.29) is 0 Å². The van der Waals surface area contributed by atoms with Gasteiger partial charge in [-0.15, -0.1) is 0 Å². The summed E-state index contributed by atoms with van der Waals surface area (Å²) < 4.78 is 1.92. The minimum atomic E-state index is 0.522. The summed E-state index contributed by atoms with van der Waals surface area (Å²) in [5, 5.41) is 5.25. The molecular formula is C8H13BrN2. The minimum Gasteiger partial charge on any atom is -0.272 e. The van der Waals surface area contributed by atoms with Crippen LogP contribution < -0.4 is 0 Å². The van der Waals surface area contributed by atoms with Crippen LogP contribution in [0.4, 0.5) is 0 Å². The number of aromatic nitrogens is 2. The average molecular weight is 217 g/mol. The topological polar surface area (TPSA) is 17.8 Å². The molecule has 3 heteroatoms. The lowest BCUT2D eigenvalue weighted by atomic mass is 10.1. The first-order valence-electron chi connectivity index (χ1n) is 3.74. The van der Waals surface area contributed by atoms with Gasteiger partial charge in [0.2, 0.25) is 0 Å². The van der Waals surface area contributed by atoms with E-state index in [4.69, 9.17) is 0 Å². The van der Waals surface area contributed by atoms with E-state index in [0.29, 0.717) is 5.92 Å². The SMILES string of the molecule is CC(C)c1cc(CBr)n(C)n1. The van der Waals surface area contributed by atoms with Gasteiger partial charge >= 0.3 is 0 Å². The van der Waals surface area contributed by atoms with Gasteiger partial charge in [-0.3, -0.25) is 4.68 Å². The molecule has 0 radical (unpaired) electrons. The van der Waals surface area contributed by atoms with E-state index in [9.17, 15) is 0 Å². The maximum absolute atomic E-state index is 4.37. The highest BCUT2D eigenvalue weighted by Crippen LogP contribution is 2.14. The third-order valence-electron chi connectivity index (χ3n) is 1.72. The van der Waals surface area contributed by atoms with Crippen molar-refractivity contribution in [1.82, 2.24) is 9.78 Å². The van der Waals surface area contributed by atoms with Gasteiger partial charge in [0.1, 0.15) is 0 Å². The van der Waals surface area contributed by atoms with Crippen molar-refractivity contribution in [2.45, 2.75) is 25.1 Å². The van der Waals surface area contributed by atoms with E-state index in [1.807, 2.05) is 11.7 Å². The molecule has 1 rings (SSSR count). The van der Waals surface area contributed by atoms with Crippen LogP contribution in [0, 0.1) is 0 Å². The predicted octanol–water partition coefficient (Wildman–Crippen LogP) is 2.44. The van der Waals surface area contributed by atoms with Crippen LogP contribution in [0.5, 0.6) is 0 Å². The Balaban J connectivity index is 2.95. The Bertz CT molecular complexity index is 240. The highest BCUT2D eigenvalue weighted by atomic mass is 79.9. The maximum Gasteiger partial charge on any atom is 0.0653 e. The van der Waals surface area contributed by atoms with Gasteiger partial charge in [-0.05, 0) is 12.0 Å². The van der Waals surface area contributed by atoms with Crippen LogP contribution in [-0.4, -0.2) is 9.78 Å². The van der Waals surface area contributed by atoms with Crippen LogP contribution in [0.1, 0.15) is 31.2 Å². The van der Waals surface area contributed by atoms with E-state index in [1.54, 1.807) is 0 Å². The molecule has 0 bridgehead atoms. The van der Waals surface area contributed by atoms with Crippen LogP contribution >= 0.6 is 15.9 Å². The molecule has 1 heterocycles. The van der Waals surface area contributed by atoms with Crippen LogP contribution in [0.2, 0.25) is 0 Å². The van der Waals surface area contributed by atoms with Crippen LogP contribution in [0.15, 0.2) is 6.07 Å². The number of hydrogen-bond acceptors (Lipinski definition) is 1. The van der Waals surface area contributed by atoms with Crippen molar-refractivity contribution >= 4 is 15.9 Å². The minimum absolute atomic E-state index is 0.522. The van der Waals surface area contributed by atoms with E-state index >= 15 is 0 Å². The summed E-state index contributed by atoms with van der Waals surface area (Å²) in [5.41, 5.74) is 2.40. The summed E-state index contributed by atoms with van der Waals surface area (Å²) >= 11 is 3.41. The van der Waals surface area contributed by atoms with E-state index in [1.165, 1.54) is 11.4 Å². The summed E-state index contributed by atoms with van der Waals surface area (Å²) in [7, 11) is 1.97. The number of alkyl halides is 1.